The highest BCUT2D eigenvalue weighted by atomic mass is 15.3. The monoisotopic (exact) mass is 216 g/mol. The van der Waals surface area contributed by atoms with Crippen molar-refractivity contribution >= 4 is 5.69 Å². The zero-order chi connectivity index (χ0) is 11.7. The van der Waals surface area contributed by atoms with Crippen LogP contribution in [0.5, 0.6) is 0 Å². The second-order valence-corrected chi connectivity index (χ2v) is 4.18. The maximum atomic E-state index is 5.73. The molecular formula is C12H16N4. The van der Waals surface area contributed by atoms with Gasteiger partial charge in [0.15, 0.2) is 5.82 Å². The summed E-state index contributed by atoms with van der Waals surface area (Å²) in [5.41, 5.74) is 8.33. The summed E-state index contributed by atoms with van der Waals surface area (Å²) >= 11 is 0. The van der Waals surface area contributed by atoms with Gasteiger partial charge in [0.05, 0.1) is 17.1 Å². The van der Waals surface area contributed by atoms with Crippen LogP contribution in [0.2, 0.25) is 0 Å². The molecule has 0 fully saturated rings. The van der Waals surface area contributed by atoms with Crippen molar-refractivity contribution in [3.8, 4) is 5.82 Å². The lowest BCUT2D eigenvalue weighted by Crippen LogP contribution is -2.02. The third kappa shape index (κ3) is 1.91. The van der Waals surface area contributed by atoms with Crippen LogP contribution in [0.25, 0.3) is 5.82 Å². The van der Waals surface area contributed by atoms with Gasteiger partial charge < -0.3 is 5.73 Å². The number of hydrogen-bond donors (Lipinski definition) is 1. The Morgan fingerprint density at radius 3 is 2.56 bits per heavy atom. The molecule has 84 valence electrons. The van der Waals surface area contributed by atoms with Crippen molar-refractivity contribution in [3.63, 3.8) is 0 Å². The minimum absolute atomic E-state index is 0.427. The number of nitrogens with two attached hydrogens (primary N) is 1. The Kier molecular flexibility index (Phi) is 2.64. The molecule has 2 aromatic rings. The molecule has 0 atom stereocenters. The van der Waals surface area contributed by atoms with Gasteiger partial charge in [-0.1, -0.05) is 13.8 Å². The predicted molar refractivity (Wildman–Crippen MR) is 64.6 cm³/mol. The van der Waals surface area contributed by atoms with E-state index in [-0.39, 0.29) is 0 Å². The number of hydrogen-bond acceptors (Lipinski definition) is 3. The maximum absolute atomic E-state index is 5.73. The van der Waals surface area contributed by atoms with Crippen LogP contribution in [0.15, 0.2) is 24.4 Å². The fourth-order valence-electron chi connectivity index (χ4n) is 1.46. The minimum atomic E-state index is 0.427. The summed E-state index contributed by atoms with van der Waals surface area (Å²) in [6.45, 7) is 6.13. The number of aromatic nitrogens is 3. The van der Waals surface area contributed by atoms with Gasteiger partial charge in [0.1, 0.15) is 0 Å². The van der Waals surface area contributed by atoms with Gasteiger partial charge in [0.25, 0.3) is 0 Å². The smallest absolute Gasteiger partial charge is 0.153 e. The lowest BCUT2D eigenvalue weighted by atomic mass is 10.1. The highest BCUT2D eigenvalue weighted by Gasteiger charge is 2.06. The summed E-state index contributed by atoms with van der Waals surface area (Å²) in [7, 11) is 0. The zero-order valence-electron chi connectivity index (χ0n) is 9.81. The molecule has 0 spiro atoms. The molecule has 0 aliphatic rings. The Morgan fingerprint density at radius 1 is 1.25 bits per heavy atom. The Bertz CT molecular complexity index is 499. The van der Waals surface area contributed by atoms with E-state index in [0.717, 1.165) is 17.2 Å². The first-order valence-electron chi connectivity index (χ1n) is 5.37. The third-order valence-electron chi connectivity index (χ3n) is 2.55. The molecule has 0 unspecified atom stereocenters. The van der Waals surface area contributed by atoms with Crippen LogP contribution in [0.1, 0.15) is 31.2 Å². The minimum Gasteiger partial charge on any atom is -0.397 e. The molecule has 0 aliphatic heterocycles. The molecule has 0 amide bonds. The maximum Gasteiger partial charge on any atom is 0.153 e. The zero-order valence-corrected chi connectivity index (χ0v) is 9.81. The standard InChI is InChI=1S/C12H16N4/c1-8(2)11-6-7-16(15-11)12-5-4-10(13)9(3)14-12/h4-8H,13H2,1-3H3. The summed E-state index contributed by atoms with van der Waals surface area (Å²) in [5, 5.41) is 4.46. The Morgan fingerprint density at radius 2 is 2.00 bits per heavy atom. The summed E-state index contributed by atoms with van der Waals surface area (Å²) in [6.07, 6.45) is 1.92. The first-order valence-corrected chi connectivity index (χ1v) is 5.37. The van der Waals surface area contributed by atoms with E-state index in [2.05, 4.69) is 23.9 Å². The van der Waals surface area contributed by atoms with E-state index in [9.17, 15) is 0 Å². The molecule has 0 saturated heterocycles. The summed E-state index contributed by atoms with van der Waals surface area (Å²) in [4.78, 5) is 4.39. The largest absolute Gasteiger partial charge is 0.397 e. The van der Waals surface area contributed by atoms with Crippen LogP contribution in [-0.4, -0.2) is 14.8 Å². The van der Waals surface area contributed by atoms with E-state index in [1.807, 2.05) is 31.3 Å². The topological polar surface area (TPSA) is 56.7 Å². The summed E-state index contributed by atoms with van der Waals surface area (Å²) in [5.74, 6) is 1.23. The van der Waals surface area contributed by atoms with E-state index in [4.69, 9.17) is 5.73 Å². The van der Waals surface area contributed by atoms with Crippen LogP contribution in [0, 0.1) is 6.92 Å². The van der Waals surface area contributed by atoms with Crippen LogP contribution in [0.4, 0.5) is 5.69 Å². The first-order chi connectivity index (χ1) is 7.58. The molecule has 2 aromatic heterocycles. The van der Waals surface area contributed by atoms with Crippen molar-refractivity contribution in [1.82, 2.24) is 14.8 Å². The van der Waals surface area contributed by atoms with Gasteiger partial charge in [0.2, 0.25) is 0 Å². The number of pyridine rings is 1. The first kappa shape index (κ1) is 10.7. The Balaban J connectivity index is 2.39. The van der Waals surface area contributed by atoms with Crippen molar-refractivity contribution in [2.45, 2.75) is 26.7 Å². The fraction of sp³-hybridized carbons (Fsp3) is 0.333. The SMILES string of the molecule is Cc1nc(-n2ccc(C(C)C)n2)ccc1N. The second kappa shape index (κ2) is 3.96. The van der Waals surface area contributed by atoms with E-state index in [0.29, 0.717) is 11.6 Å². The summed E-state index contributed by atoms with van der Waals surface area (Å²) in [6, 6.07) is 5.74. The van der Waals surface area contributed by atoms with E-state index < -0.39 is 0 Å². The normalized spacial score (nSPS) is 11.0. The van der Waals surface area contributed by atoms with Crippen LogP contribution >= 0.6 is 0 Å². The van der Waals surface area contributed by atoms with Crippen LogP contribution in [0.3, 0.4) is 0 Å². The fourth-order valence-corrected chi connectivity index (χ4v) is 1.46. The molecule has 0 aromatic carbocycles. The number of rotatable bonds is 2. The van der Waals surface area contributed by atoms with Crippen LogP contribution in [-0.2, 0) is 0 Å². The number of nitrogens with zero attached hydrogens (tertiary/aromatic N) is 3. The number of aryl methyl sites for hydroxylation is 1. The number of anilines is 1. The molecule has 0 bridgehead atoms. The van der Waals surface area contributed by atoms with Gasteiger partial charge in [-0.3, -0.25) is 0 Å². The molecular weight excluding hydrogens is 200 g/mol. The van der Waals surface area contributed by atoms with Crippen molar-refractivity contribution in [1.29, 1.82) is 0 Å². The molecule has 4 heteroatoms. The van der Waals surface area contributed by atoms with E-state index >= 15 is 0 Å². The highest BCUT2D eigenvalue weighted by molar-refractivity contribution is 5.45. The predicted octanol–water partition coefficient (Wildman–Crippen LogP) is 2.28. The molecule has 0 aliphatic carbocycles. The van der Waals surface area contributed by atoms with E-state index in [1.165, 1.54) is 0 Å². The second-order valence-electron chi connectivity index (χ2n) is 4.18. The lowest BCUT2D eigenvalue weighted by Gasteiger charge is -2.04. The van der Waals surface area contributed by atoms with Gasteiger partial charge >= 0.3 is 0 Å². The molecule has 2 heterocycles. The van der Waals surface area contributed by atoms with Crippen molar-refractivity contribution in [2.75, 3.05) is 5.73 Å². The molecule has 2 N–H and O–H groups in total. The van der Waals surface area contributed by atoms with Gasteiger partial charge in [-0.2, -0.15) is 5.10 Å². The average Bonchev–Trinajstić information content (AvgIpc) is 2.71. The van der Waals surface area contributed by atoms with Crippen molar-refractivity contribution < 1.29 is 0 Å². The van der Waals surface area contributed by atoms with Crippen LogP contribution < -0.4 is 5.73 Å². The van der Waals surface area contributed by atoms with Crippen molar-refractivity contribution in [2.24, 2.45) is 0 Å². The van der Waals surface area contributed by atoms with Gasteiger partial charge in [-0.05, 0) is 31.0 Å². The summed E-state index contributed by atoms with van der Waals surface area (Å²) < 4.78 is 1.78. The lowest BCUT2D eigenvalue weighted by molar-refractivity contribution is 0.756. The molecule has 0 saturated carbocycles. The van der Waals surface area contributed by atoms with E-state index in [1.54, 1.807) is 4.68 Å². The highest BCUT2D eigenvalue weighted by Crippen LogP contribution is 2.15. The Hall–Kier alpha value is -1.84. The molecule has 2 rings (SSSR count). The quantitative estimate of drug-likeness (QED) is 0.837. The average molecular weight is 216 g/mol. The Labute approximate surface area is 95.1 Å². The van der Waals surface area contributed by atoms with Gasteiger partial charge in [0, 0.05) is 6.20 Å². The van der Waals surface area contributed by atoms with Gasteiger partial charge in [-0.15, -0.1) is 0 Å². The van der Waals surface area contributed by atoms with Crippen molar-refractivity contribution in [3.05, 3.63) is 35.8 Å². The molecule has 0 radical (unpaired) electrons. The number of nitrogen functional groups attached to an aromatic ring is 1. The third-order valence-corrected chi connectivity index (χ3v) is 2.55. The molecule has 4 nitrogen and oxygen atoms in total. The van der Waals surface area contributed by atoms with Gasteiger partial charge in [-0.25, -0.2) is 9.67 Å². The molecule has 16 heavy (non-hydrogen) atoms.